The highest BCUT2D eigenvalue weighted by Gasteiger charge is 2.04. The average molecular weight is 269 g/mol. The number of benzene rings is 1. The molecule has 3 rings (SSSR count). The molecule has 0 aliphatic heterocycles. The Hall–Kier alpha value is -2.76. The standard InChI is InChI=1S/C14H12FN5/c15-14-6-2-1-4-12(14)9-19-7-3-5-13(19)8-17-20-11-16-10-18-20/h1-8,10-11H,9H2/b17-8+. The molecule has 0 saturated heterocycles. The maximum atomic E-state index is 13.7. The van der Waals surface area contributed by atoms with Crippen LogP contribution in [0.5, 0.6) is 0 Å². The lowest BCUT2D eigenvalue weighted by Crippen LogP contribution is -2.05. The number of halogens is 1. The molecule has 0 bridgehead atoms. The maximum absolute atomic E-state index is 13.7. The van der Waals surface area contributed by atoms with E-state index in [2.05, 4.69) is 15.2 Å². The van der Waals surface area contributed by atoms with Crippen molar-refractivity contribution < 1.29 is 4.39 Å². The average Bonchev–Trinajstić information content (AvgIpc) is 3.10. The van der Waals surface area contributed by atoms with Gasteiger partial charge in [0.1, 0.15) is 18.5 Å². The van der Waals surface area contributed by atoms with Gasteiger partial charge in [0.15, 0.2) is 0 Å². The van der Waals surface area contributed by atoms with Gasteiger partial charge in [0.25, 0.3) is 0 Å². The van der Waals surface area contributed by atoms with Crippen LogP contribution in [0.2, 0.25) is 0 Å². The van der Waals surface area contributed by atoms with Crippen LogP contribution in [0.1, 0.15) is 11.3 Å². The molecule has 0 aliphatic rings. The topological polar surface area (TPSA) is 48.0 Å². The molecule has 0 spiro atoms. The summed E-state index contributed by atoms with van der Waals surface area (Å²) in [5.41, 5.74) is 1.50. The summed E-state index contributed by atoms with van der Waals surface area (Å²) in [7, 11) is 0. The Bertz CT molecular complexity index is 715. The van der Waals surface area contributed by atoms with E-state index in [0.29, 0.717) is 12.1 Å². The molecule has 100 valence electrons. The number of hydrogen-bond acceptors (Lipinski definition) is 3. The highest BCUT2D eigenvalue weighted by molar-refractivity contribution is 5.77. The van der Waals surface area contributed by atoms with Crippen LogP contribution in [0, 0.1) is 5.82 Å². The van der Waals surface area contributed by atoms with Crippen LogP contribution >= 0.6 is 0 Å². The van der Waals surface area contributed by atoms with Gasteiger partial charge in [0.05, 0.1) is 18.5 Å². The van der Waals surface area contributed by atoms with Crippen molar-refractivity contribution in [1.82, 2.24) is 19.4 Å². The van der Waals surface area contributed by atoms with E-state index in [0.717, 1.165) is 5.69 Å². The molecule has 3 aromatic rings. The van der Waals surface area contributed by atoms with Gasteiger partial charge >= 0.3 is 0 Å². The summed E-state index contributed by atoms with van der Waals surface area (Å²) in [6.45, 7) is 0.457. The molecule has 2 heterocycles. The lowest BCUT2D eigenvalue weighted by atomic mass is 10.2. The summed E-state index contributed by atoms with van der Waals surface area (Å²) in [5.74, 6) is -0.208. The van der Waals surface area contributed by atoms with Crippen LogP contribution in [-0.4, -0.2) is 25.7 Å². The summed E-state index contributed by atoms with van der Waals surface area (Å²) in [4.78, 5) is 5.17. The molecule has 0 unspecified atom stereocenters. The smallest absolute Gasteiger partial charge is 0.139 e. The van der Waals surface area contributed by atoms with Crippen molar-refractivity contribution >= 4 is 6.21 Å². The van der Waals surface area contributed by atoms with E-state index >= 15 is 0 Å². The van der Waals surface area contributed by atoms with E-state index in [-0.39, 0.29) is 5.82 Å². The van der Waals surface area contributed by atoms with Crippen LogP contribution in [0.25, 0.3) is 0 Å². The van der Waals surface area contributed by atoms with Crippen molar-refractivity contribution in [3.63, 3.8) is 0 Å². The van der Waals surface area contributed by atoms with Gasteiger partial charge < -0.3 is 4.57 Å². The number of nitrogens with zero attached hydrogens (tertiary/aromatic N) is 5. The second-order valence-electron chi connectivity index (χ2n) is 4.21. The molecule has 0 N–H and O–H groups in total. The molecule has 0 amide bonds. The van der Waals surface area contributed by atoms with Crippen molar-refractivity contribution in [3.8, 4) is 0 Å². The van der Waals surface area contributed by atoms with Gasteiger partial charge in [0, 0.05) is 11.8 Å². The SMILES string of the molecule is Fc1ccccc1Cn1cccc1/C=N/n1cncn1. The highest BCUT2D eigenvalue weighted by atomic mass is 19.1. The van der Waals surface area contributed by atoms with Crippen LogP contribution in [0.3, 0.4) is 0 Å². The van der Waals surface area contributed by atoms with E-state index in [9.17, 15) is 4.39 Å². The predicted molar refractivity (Wildman–Crippen MR) is 72.9 cm³/mol. The van der Waals surface area contributed by atoms with Crippen molar-refractivity contribution in [2.24, 2.45) is 5.10 Å². The third-order valence-electron chi connectivity index (χ3n) is 2.88. The molecule has 0 fully saturated rings. The fourth-order valence-electron chi connectivity index (χ4n) is 1.88. The van der Waals surface area contributed by atoms with Crippen LogP contribution in [-0.2, 0) is 6.54 Å². The molecule has 0 aliphatic carbocycles. The summed E-state index contributed by atoms with van der Waals surface area (Å²) >= 11 is 0. The molecule has 6 heteroatoms. The molecular formula is C14H12FN5. The van der Waals surface area contributed by atoms with Crippen molar-refractivity contribution in [2.75, 3.05) is 0 Å². The summed E-state index contributed by atoms with van der Waals surface area (Å²) in [6.07, 6.45) is 6.46. The van der Waals surface area contributed by atoms with Crippen LogP contribution < -0.4 is 0 Å². The molecule has 2 aromatic heterocycles. The fourth-order valence-corrected chi connectivity index (χ4v) is 1.88. The van der Waals surface area contributed by atoms with Gasteiger partial charge in [-0.05, 0) is 18.2 Å². The van der Waals surface area contributed by atoms with E-state index in [1.165, 1.54) is 23.5 Å². The van der Waals surface area contributed by atoms with Gasteiger partial charge in [-0.2, -0.15) is 5.10 Å². The van der Waals surface area contributed by atoms with Crippen molar-refractivity contribution in [1.29, 1.82) is 0 Å². The Morgan fingerprint density at radius 1 is 1.20 bits per heavy atom. The maximum Gasteiger partial charge on any atom is 0.139 e. The van der Waals surface area contributed by atoms with Gasteiger partial charge in [-0.3, -0.25) is 0 Å². The zero-order chi connectivity index (χ0) is 13.8. The van der Waals surface area contributed by atoms with Gasteiger partial charge in [-0.25, -0.2) is 9.37 Å². The first-order valence-corrected chi connectivity index (χ1v) is 6.10. The Kier molecular flexibility index (Phi) is 3.36. The second-order valence-corrected chi connectivity index (χ2v) is 4.21. The molecule has 20 heavy (non-hydrogen) atoms. The monoisotopic (exact) mass is 269 g/mol. The third kappa shape index (κ3) is 2.64. The summed E-state index contributed by atoms with van der Waals surface area (Å²) in [5, 5.41) is 8.02. The fraction of sp³-hybridized carbons (Fsp3) is 0.0714. The molecule has 0 radical (unpaired) electrons. The number of aromatic nitrogens is 4. The molecule has 1 aromatic carbocycles. The van der Waals surface area contributed by atoms with Crippen LogP contribution in [0.15, 0.2) is 60.4 Å². The molecule has 5 nitrogen and oxygen atoms in total. The molecule has 0 atom stereocenters. The Labute approximate surface area is 115 Å². The van der Waals surface area contributed by atoms with E-state index < -0.39 is 0 Å². The first-order valence-electron chi connectivity index (χ1n) is 6.10. The highest BCUT2D eigenvalue weighted by Crippen LogP contribution is 2.10. The Morgan fingerprint density at radius 3 is 2.90 bits per heavy atom. The molecular weight excluding hydrogens is 257 g/mol. The largest absolute Gasteiger partial charge is 0.342 e. The Morgan fingerprint density at radius 2 is 2.10 bits per heavy atom. The van der Waals surface area contributed by atoms with Crippen molar-refractivity contribution in [2.45, 2.75) is 6.54 Å². The molecule has 0 saturated carbocycles. The van der Waals surface area contributed by atoms with Crippen LogP contribution in [0.4, 0.5) is 4.39 Å². The quantitative estimate of drug-likeness (QED) is 0.681. The van der Waals surface area contributed by atoms with E-state index in [1.54, 1.807) is 18.3 Å². The predicted octanol–water partition coefficient (Wildman–Crippen LogP) is 2.15. The van der Waals surface area contributed by atoms with Gasteiger partial charge in [0.2, 0.25) is 0 Å². The van der Waals surface area contributed by atoms with E-state index in [4.69, 9.17) is 0 Å². The number of rotatable bonds is 4. The lowest BCUT2D eigenvalue weighted by Gasteiger charge is -2.07. The third-order valence-corrected chi connectivity index (χ3v) is 2.88. The minimum atomic E-state index is -0.208. The normalized spacial score (nSPS) is 11.2. The van der Waals surface area contributed by atoms with Gasteiger partial charge in [-0.15, -0.1) is 9.89 Å². The second kappa shape index (κ2) is 5.48. The van der Waals surface area contributed by atoms with E-state index in [1.807, 2.05) is 29.0 Å². The zero-order valence-electron chi connectivity index (χ0n) is 10.6. The Balaban J connectivity index is 1.82. The van der Waals surface area contributed by atoms with Crippen molar-refractivity contribution in [3.05, 3.63) is 72.3 Å². The first kappa shape index (κ1) is 12.3. The minimum Gasteiger partial charge on any atom is -0.342 e. The van der Waals surface area contributed by atoms with Gasteiger partial charge in [-0.1, -0.05) is 18.2 Å². The summed E-state index contributed by atoms with van der Waals surface area (Å²) < 4.78 is 15.6. The first-order chi connectivity index (χ1) is 9.83. The number of hydrogen-bond donors (Lipinski definition) is 0. The lowest BCUT2D eigenvalue weighted by molar-refractivity contribution is 0.599. The summed E-state index contributed by atoms with van der Waals surface area (Å²) in [6, 6.07) is 10.5. The minimum absolute atomic E-state index is 0.208. The zero-order valence-corrected chi connectivity index (χ0v) is 10.6.